The van der Waals surface area contributed by atoms with Crippen LogP contribution in [0.25, 0.3) is 11.1 Å². The molecule has 2 aliphatic rings. The van der Waals surface area contributed by atoms with Crippen LogP contribution in [0.4, 0.5) is 18.0 Å². The van der Waals surface area contributed by atoms with Crippen molar-refractivity contribution >= 4 is 12.0 Å². The monoisotopic (exact) mass is 534 g/mol. The number of carbonyl (C=O) groups is 2. The number of amides is 2. The SMILES string of the molecule is CC(C)OC(=O)N1CCC(Oc2ccc(-c3ccc(CC(N)C(=O)N4CCC(F)(F)C4)c(F)c3)cn2)CC1. The zero-order valence-corrected chi connectivity index (χ0v) is 21.5. The van der Waals surface area contributed by atoms with Crippen LogP contribution in [0.1, 0.15) is 38.7 Å². The Morgan fingerprint density at radius 3 is 2.39 bits per heavy atom. The Kier molecular flexibility index (Phi) is 8.44. The highest BCUT2D eigenvalue weighted by Crippen LogP contribution is 2.28. The third-order valence-electron chi connectivity index (χ3n) is 6.69. The van der Waals surface area contributed by atoms with Crippen molar-refractivity contribution in [2.45, 2.75) is 63.7 Å². The summed E-state index contributed by atoms with van der Waals surface area (Å²) in [4.78, 5) is 31.5. The van der Waals surface area contributed by atoms with E-state index < -0.39 is 30.2 Å². The molecule has 206 valence electrons. The number of aromatic nitrogens is 1. The van der Waals surface area contributed by atoms with Crippen LogP contribution >= 0.6 is 0 Å². The molecule has 8 nitrogen and oxygen atoms in total. The van der Waals surface area contributed by atoms with Gasteiger partial charge in [-0.25, -0.2) is 22.9 Å². The van der Waals surface area contributed by atoms with Gasteiger partial charge >= 0.3 is 6.09 Å². The van der Waals surface area contributed by atoms with Crippen LogP contribution in [-0.2, 0) is 16.0 Å². The molecule has 2 saturated heterocycles. The summed E-state index contributed by atoms with van der Waals surface area (Å²) in [6.45, 7) is 4.00. The average Bonchev–Trinajstić information content (AvgIpc) is 3.24. The highest BCUT2D eigenvalue weighted by molar-refractivity contribution is 5.82. The van der Waals surface area contributed by atoms with E-state index in [0.29, 0.717) is 42.9 Å². The highest BCUT2D eigenvalue weighted by atomic mass is 19.3. The second kappa shape index (κ2) is 11.6. The van der Waals surface area contributed by atoms with E-state index in [0.717, 1.165) is 4.90 Å². The summed E-state index contributed by atoms with van der Waals surface area (Å²) in [6, 6.07) is 6.95. The molecule has 0 radical (unpaired) electrons. The Bertz CT molecular complexity index is 1140. The van der Waals surface area contributed by atoms with E-state index >= 15 is 0 Å². The summed E-state index contributed by atoms with van der Waals surface area (Å²) >= 11 is 0. The van der Waals surface area contributed by atoms with E-state index in [1.165, 1.54) is 6.07 Å². The van der Waals surface area contributed by atoms with Crippen molar-refractivity contribution in [3.8, 4) is 17.0 Å². The van der Waals surface area contributed by atoms with Gasteiger partial charge in [-0.1, -0.05) is 12.1 Å². The second-order valence-electron chi connectivity index (χ2n) is 10.1. The van der Waals surface area contributed by atoms with Crippen LogP contribution in [0.3, 0.4) is 0 Å². The number of likely N-dealkylation sites (tertiary alicyclic amines) is 2. The van der Waals surface area contributed by atoms with Crippen LogP contribution in [0, 0.1) is 5.82 Å². The van der Waals surface area contributed by atoms with E-state index in [-0.39, 0.29) is 43.3 Å². The fourth-order valence-electron chi connectivity index (χ4n) is 4.60. The molecule has 4 rings (SSSR count). The summed E-state index contributed by atoms with van der Waals surface area (Å²) in [5.41, 5.74) is 7.41. The number of piperidine rings is 1. The van der Waals surface area contributed by atoms with Crippen molar-refractivity contribution in [2.24, 2.45) is 5.73 Å². The average molecular weight is 535 g/mol. The number of carbonyl (C=O) groups excluding carboxylic acids is 2. The molecule has 0 saturated carbocycles. The normalized spacial score (nSPS) is 18.5. The lowest BCUT2D eigenvalue weighted by atomic mass is 10.0. The quantitative estimate of drug-likeness (QED) is 0.577. The first-order valence-electron chi connectivity index (χ1n) is 12.8. The maximum absolute atomic E-state index is 14.8. The van der Waals surface area contributed by atoms with Crippen LogP contribution in [0.15, 0.2) is 36.5 Å². The number of pyridine rings is 1. The smallest absolute Gasteiger partial charge is 0.410 e. The lowest BCUT2D eigenvalue weighted by Crippen LogP contribution is -2.44. The molecular weight excluding hydrogens is 501 g/mol. The van der Waals surface area contributed by atoms with Crippen LogP contribution in [0.2, 0.25) is 0 Å². The Balaban J connectivity index is 1.30. The number of alkyl halides is 2. The summed E-state index contributed by atoms with van der Waals surface area (Å²) in [5, 5.41) is 0. The molecule has 0 spiro atoms. The van der Waals surface area contributed by atoms with Crippen molar-refractivity contribution in [3.05, 3.63) is 47.9 Å². The van der Waals surface area contributed by atoms with Crippen molar-refractivity contribution in [1.29, 1.82) is 0 Å². The molecule has 11 heteroatoms. The first-order valence-corrected chi connectivity index (χ1v) is 12.8. The van der Waals surface area contributed by atoms with E-state index in [9.17, 15) is 22.8 Å². The number of halogens is 3. The third kappa shape index (κ3) is 6.94. The Morgan fingerprint density at radius 2 is 1.82 bits per heavy atom. The topological polar surface area (TPSA) is 98.0 Å². The highest BCUT2D eigenvalue weighted by Gasteiger charge is 2.41. The molecule has 2 amide bonds. The molecule has 1 aromatic heterocycles. The van der Waals surface area contributed by atoms with E-state index in [1.54, 1.807) is 35.4 Å². The van der Waals surface area contributed by atoms with Gasteiger partial charge in [-0.15, -0.1) is 0 Å². The predicted molar refractivity (Wildman–Crippen MR) is 134 cm³/mol. The van der Waals surface area contributed by atoms with Crippen molar-refractivity contribution in [1.82, 2.24) is 14.8 Å². The zero-order chi connectivity index (χ0) is 27.4. The number of nitrogens with zero attached hydrogens (tertiary/aromatic N) is 3. The fourth-order valence-corrected chi connectivity index (χ4v) is 4.60. The molecule has 1 aromatic carbocycles. The van der Waals surface area contributed by atoms with E-state index in [1.807, 2.05) is 13.8 Å². The van der Waals surface area contributed by atoms with Crippen molar-refractivity contribution in [2.75, 3.05) is 26.2 Å². The van der Waals surface area contributed by atoms with Gasteiger partial charge < -0.3 is 25.0 Å². The zero-order valence-electron chi connectivity index (χ0n) is 21.5. The number of nitrogens with two attached hydrogens (primary N) is 1. The van der Waals surface area contributed by atoms with Gasteiger partial charge in [-0.2, -0.15) is 0 Å². The minimum absolute atomic E-state index is 0.0558. The molecule has 1 atom stereocenters. The molecular formula is C27H33F3N4O4. The van der Waals surface area contributed by atoms with Crippen molar-refractivity contribution < 1.29 is 32.2 Å². The maximum Gasteiger partial charge on any atom is 0.410 e. The maximum atomic E-state index is 14.8. The minimum Gasteiger partial charge on any atom is -0.474 e. The van der Waals surface area contributed by atoms with Gasteiger partial charge in [0.25, 0.3) is 5.92 Å². The molecule has 2 aliphatic heterocycles. The number of ether oxygens (including phenoxy) is 2. The standard InChI is InChI=1S/C27H33F3N4O4/c1-17(2)37-26(36)33-10-7-21(8-11-33)38-24-6-5-20(15-32-24)18-3-4-19(22(28)13-18)14-23(31)25(35)34-12-9-27(29,30)16-34/h3-6,13,15,17,21,23H,7-12,14,16,31H2,1-2H3. The molecule has 3 heterocycles. The van der Waals surface area contributed by atoms with Crippen molar-refractivity contribution in [3.63, 3.8) is 0 Å². The van der Waals surface area contributed by atoms with Crippen LogP contribution < -0.4 is 10.5 Å². The van der Waals surface area contributed by atoms with Gasteiger partial charge in [-0.05, 0) is 43.5 Å². The number of benzene rings is 1. The van der Waals surface area contributed by atoms with Gasteiger partial charge in [0.1, 0.15) is 11.9 Å². The molecule has 1 unspecified atom stereocenters. The number of hydrogen-bond donors (Lipinski definition) is 1. The molecule has 2 N–H and O–H groups in total. The molecule has 2 fully saturated rings. The summed E-state index contributed by atoms with van der Waals surface area (Å²) in [5.74, 6) is -3.62. The van der Waals surface area contributed by atoms with Crippen LogP contribution in [-0.4, -0.2) is 77.1 Å². The molecule has 38 heavy (non-hydrogen) atoms. The molecule has 0 aliphatic carbocycles. The van der Waals surface area contributed by atoms with Gasteiger partial charge in [-0.3, -0.25) is 4.79 Å². The summed E-state index contributed by atoms with van der Waals surface area (Å²) < 4.78 is 52.8. The lowest BCUT2D eigenvalue weighted by Gasteiger charge is -2.31. The van der Waals surface area contributed by atoms with Gasteiger partial charge in [0.05, 0.1) is 18.7 Å². The van der Waals surface area contributed by atoms with Gasteiger partial charge in [0.15, 0.2) is 0 Å². The fraction of sp³-hybridized carbons (Fsp3) is 0.519. The predicted octanol–water partition coefficient (Wildman–Crippen LogP) is 4.01. The molecule has 0 bridgehead atoms. The Morgan fingerprint density at radius 1 is 1.11 bits per heavy atom. The summed E-state index contributed by atoms with van der Waals surface area (Å²) in [6.07, 6.45) is 1.87. The lowest BCUT2D eigenvalue weighted by molar-refractivity contribution is -0.133. The summed E-state index contributed by atoms with van der Waals surface area (Å²) in [7, 11) is 0. The van der Waals surface area contributed by atoms with Gasteiger partial charge in [0, 0.05) is 56.7 Å². The van der Waals surface area contributed by atoms with E-state index in [2.05, 4.69) is 4.98 Å². The van der Waals surface area contributed by atoms with E-state index in [4.69, 9.17) is 15.2 Å². The number of hydrogen-bond acceptors (Lipinski definition) is 6. The second-order valence-corrected chi connectivity index (χ2v) is 10.1. The minimum atomic E-state index is -2.91. The van der Waals surface area contributed by atoms with Gasteiger partial charge in [0.2, 0.25) is 11.8 Å². The largest absolute Gasteiger partial charge is 0.474 e. The third-order valence-corrected chi connectivity index (χ3v) is 6.69. The Hall–Kier alpha value is -3.34. The number of rotatable bonds is 7. The first kappa shape index (κ1) is 27.7. The molecule has 2 aromatic rings. The first-order chi connectivity index (χ1) is 18.0. The Labute approximate surface area is 219 Å². The van der Waals surface area contributed by atoms with Crippen LogP contribution in [0.5, 0.6) is 5.88 Å².